The van der Waals surface area contributed by atoms with Crippen LogP contribution in [0.15, 0.2) is 0 Å². The van der Waals surface area contributed by atoms with Gasteiger partial charge in [-0.25, -0.2) is 4.68 Å². The van der Waals surface area contributed by atoms with E-state index in [4.69, 9.17) is 40.1 Å². The highest BCUT2D eigenvalue weighted by molar-refractivity contribution is 6.66. The number of hydrogen-bond acceptors (Lipinski definition) is 3. The molecule has 0 saturated carbocycles. The minimum Gasteiger partial charge on any atom is -0.237 e. The summed E-state index contributed by atoms with van der Waals surface area (Å²) in [7, 11) is 1.55. The highest BCUT2D eigenvalue weighted by Gasteiger charge is 2.31. The fraction of sp³-hybridized carbons (Fsp3) is 0.400. The van der Waals surface area contributed by atoms with Crippen LogP contribution in [0.25, 0.3) is 0 Å². The number of alkyl halides is 3. The monoisotopic (exact) mass is 224 g/mol. The zero-order valence-corrected chi connectivity index (χ0v) is 8.19. The summed E-state index contributed by atoms with van der Waals surface area (Å²) in [6, 6.07) is 1.84. The topological polar surface area (TPSA) is 54.5 Å². The maximum absolute atomic E-state index is 8.62. The summed E-state index contributed by atoms with van der Waals surface area (Å²) in [5.74, 6) is 0. The largest absolute Gasteiger partial charge is 0.237 e. The summed E-state index contributed by atoms with van der Waals surface area (Å²) in [6.45, 7) is 0. The first kappa shape index (κ1) is 9.59. The van der Waals surface area contributed by atoms with Gasteiger partial charge in [-0.3, -0.25) is 0 Å². The molecule has 0 unspecified atom stereocenters. The molecule has 7 heteroatoms. The Kier molecular flexibility index (Phi) is 2.47. The van der Waals surface area contributed by atoms with E-state index in [1.807, 2.05) is 6.07 Å². The predicted octanol–water partition coefficient (Wildman–Crippen LogP) is 1.51. The highest BCUT2D eigenvalue weighted by Crippen LogP contribution is 2.38. The molecule has 1 aromatic rings. The third-order valence-electron chi connectivity index (χ3n) is 1.20. The first-order valence-corrected chi connectivity index (χ1v) is 3.97. The summed E-state index contributed by atoms with van der Waals surface area (Å²) in [6.07, 6.45) is 0. The lowest BCUT2D eigenvalue weighted by molar-refractivity contribution is 0.706. The molecule has 1 aromatic heterocycles. The van der Waals surface area contributed by atoms with Crippen LogP contribution in [-0.2, 0) is 10.8 Å². The third kappa shape index (κ3) is 1.63. The SMILES string of the molecule is Cn1nnc(C(Cl)(Cl)Cl)c1C#N. The van der Waals surface area contributed by atoms with Crippen molar-refractivity contribution < 1.29 is 0 Å². The number of aromatic nitrogens is 3. The molecule has 64 valence electrons. The van der Waals surface area contributed by atoms with Crippen LogP contribution in [0.2, 0.25) is 0 Å². The Bertz CT molecular complexity index is 331. The Morgan fingerprint density at radius 2 is 2.08 bits per heavy atom. The van der Waals surface area contributed by atoms with Gasteiger partial charge in [0.25, 0.3) is 0 Å². The van der Waals surface area contributed by atoms with Crippen LogP contribution in [0, 0.1) is 11.3 Å². The zero-order chi connectivity index (χ0) is 9.35. The zero-order valence-electron chi connectivity index (χ0n) is 5.92. The number of hydrogen-bond donors (Lipinski definition) is 0. The van der Waals surface area contributed by atoms with Gasteiger partial charge in [0.1, 0.15) is 6.07 Å². The first-order chi connectivity index (χ1) is 5.46. The Hall–Kier alpha value is -0.500. The molecular formula is C5H3Cl3N4. The molecule has 0 atom stereocenters. The van der Waals surface area contributed by atoms with Crippen molar-refractivity contribution in [3.63, 3.8) is 0 Å². The van der Waals surface area contributed by atoms with Crippen molar-refractivity contribution >= 4 is 34.8 Å². The molecule has 4 nitrogen and oxygen atoms in total. The predicted molar refractivity (Wildman–Crippen MR) is 45.0 cm³/mol. The van der Waals surface area contributed by atoms with E-state index in [0.29, 0.717) is 0 Å². The van der Waals surface area contributed by atoms with Crippen molar-refractivity contribution in [1.82, 2.24) is 15.0 Å². The molecule has 0 bridgehead atoms. The maximum Gasteiger partial charge on any atom is 0.237 e. The highest BCUT2D eigenvalue weighted by atomic mass is 35.6. The van der Waals surface area contributed by atoms with Crippen LogP contribution < -0.4 is 0 Å². The van der Waals surface area contributed by atoms with E-state index in [1.54, 1.807) is 7.05 Å². The quantitative estimate of drug-likeness (QED) is 0.629. The van der Waals surface area contributed by atoms with Crippen molar-refractivity contribution in [2.75, 3.05) is 0 Å². The molecule has 0 N–H and O–H groups in total. The smallest absolute Gasteiger partial charge is 0.237 e. The molecule has 0 fully saturated rings. The van der Waals surface area contributed by atoms with E-state index in [-0.39, 0.29) is 11.4 Å². The van der Waals surface area contributed by atoms with Crippen molar-refractivity contribution in [1.29, 1.82) is 5.26 Å². The Labute approximate surface area is 83.6 Å². The van der Waals surface area contributed by atoms with E-state index in [1.165, 1.54) is 4.68 Å². The second-order valence-electron chi connectivity index (χ2n) is 2.02. The summed E-state index contributed by atoms with van der Waals surface area (Å²) in [5.41, 5.74) is 0.201. The molecule has 0 aliphatic rings. The summed E-state index contributed by atoms with van der Waals surface area (Å²) < 4.78 is -0.448. The van der Waals surface area contributed by atoms with Gasteiger partial charge in [0, 0.05) is 7.05 Å². The number of halogens is 3. The van der Waals surface area contributed by atoms with Crippen LogP contribution in [0.1, 0.15) is 11.4 Å². The first-order valence-electron chi connectivity index (χ1n) is 2.83. The second kappa shape index (κ2) is 3.09. The van der Waals surface area contributed by atoms with E-state index in [9.17, 15) is 0 Å². The maximum atomic E-state index is 8.62. The normalized spacial score (nSPS) is 11.2. The standard InChI is InChI=1S/C5H3Cl3N4/c1-12-3(2-9)4(10-11-12)5(6,7)8/h1H3. The van der Waals surface area contributed by atoms with E-state index >= 15 is 0 Å². The van der Waals surface area contributed by atoms with Gasteiger partial charge in [0.15, 0.2) is 11.4 Å². The average Bonchev–Trinajstić information content (AvgIpc) is 2.29. The molecule has 1 heterocycles. The minimum atomic E-state index is -1.70. The molecule has 0 aromatic carbocycles. The number of rotatable bonds is 0. The summed E-state index contributed by atoms with van der Waals surface area (Å²) in [5, 5.41) is 15.7. The van der Waals surface area contributed by atoms with Crippen LogP contribution in [-0.4, -0.2) is 15.0 Å². The second-order valence-corrected chi connectivity index (χ2v) is 4.30. The van der Waals surface area contributed by atoms with Crippen molar-refractivity contribution in [3.8, 4) is 6.07 Å². The lowest BCUT2D eigenvalue weighted by Crippen LogP contribution is -2.04. The van der Waals surface area contributed by atoms with Crippen LogP contribution in [0.5, 0.6) is 0 Å². The van der Waals surface area contributed by atoms with Crippen molar-refractivity contribution in [2.45, 2.75) is 3.79 Å². The van der Waals surface area contributed by atoms with E-state index < -0.39 is 3.79 Å². The van der Waals surface area contributed by atoms with Gasteiger partial charge in [-0.2, -0.15) is 5.26 Å². The number of nitriles is 1. The summed E-state index contributed by atoms with van der Waals surface area (Å²) in [4.78, 5) is 0. The fourth-order valence-electron chi connectivity index (χ4n) is 0.673. The Balaban J connectivity index is 3.28. The van der Waals surface area contributed by atoms with Gasteiger partial charge < -0.3 is 0 Å². The van der Waals surface area contributed by atoms with Crippen molar-refractivity contribution in [3.05, 3.63) is 11.4 Å². The third-order valence-corrected chi connectivity index (χ3v) is 1.74. The molecule has 0 aliphatic carbocycles. The van der Waals surface area contributed by atoms with E-state index in [2.05, 4.69) is 10.3 Å². The lowest BCUT2D eigenvalue weighted by Gasteiger charge is -2.05. The van der Waals surface area contributed by atoms with Gasteiger partial charge in [-0.15, -0.1) is 5.10 Å². The van der Waals surface area contributed by atoms with E-state index in [0.717, 1.165) is 0 Å². The van der Waals surface area contributed by atoms with Gasteiger partial charge >= 0.3 is 0 Å². The van der Waals surface area contributed by atoms with Gasteiger partial charge in [-0.05, 0) is 0 Å². The molecule has 12 heavy (non-hydrogen) atoms. The Morgan fingerprint density at radius 1 is 1.50 bits per heavy atom. The van der Waals surface area contributed by atoms with Gasteiger partial charge in [0.05, 0.1) is 0 Å². The average molecular weight is 225 g/mol. The van der Waals surface area contributed by atoms with Crippen molar-refractivity contribution in [2.24, 2.45) is 7.05 Å². The molecule has 0 saturated heterocycles. The molecule has 0 amide bonds. The van der Waals surface area contributed by atoms with Gasteiger partial charge in [-0.1, -0.05) is 40.0 Å². The molecule has 0 spiro atoms. The van der Waals surface area contributed by atoms with Crippen LogP contribution >= 0.6 is 34.8 Å². The Morgan fingerprint density at radius 3 is 2.42 bits per heavy atom. The minimum absolute atomic E-state index is 0.0532. The number of nitrogens with zero attached hydrogens (tertiary/aromatic N) is 4. The van der Waals surface area contributed by atoms with Gasteiger partial charge in [0.2, 0.25) is 3.79 Å². The molecular weight excluding hydrogens is 222 g/mol. The van der Waals surface area contributed by atoms with Crippen LogP contribution in [0.4, 0.5) is 0 Å². The fourth-order valence-corrected chi connectivity index (χ4v) is 1.06. The molecule has 0 aliphatic heterocycles. The van der Waals surface area contributed by atoms with Crippen LogP contribution in [0.3, 0.4) is 0 Å². The number of aryl methyl sites for hydroxylation is 1. The summed E-state index contributed by atoms with van der Waals surface area (Å²) >= 11 is 16.6. The molecule has 0 radical (unpaired) electrons. The molecule has 1 rings (SSSR count). The lowest BCUT2D eigenvalue weighted by atomic mass is 10.4.